The van der Waals surface area contributed by atoms with E-state index in [0.717, 1.165) is 24.2 Å². The molecule has 7 atom stereocenters. The molecule has 0 spiro atoms. The van der Waals surface area contributed by atoms with Gasteiger partial charge < -0.3 is 9.47 Å². The van der Waals surface area contributed by atoms with E-state index < -0.39 is 0 Å². The molecule has 2 bridgehead atoms. The van der Waals surface area contributed by atoms with Crippen LogP contribution in [0.25, 0.3) is 0 Å². The van der Waals surface area contributed by atoms with Crippen molar-refractivity contribution in [1.29, 1.82) is 0 Å². The van der Waals surface area contributed by atoms with Crippen LogP contribution in [0.1, 0.15) is 91.4 Å². The topological polar surface area (TPSA) is 18.5 Å². The van der Waals surface area contributed by atoms with Crippen molar-refractivity contribution in [3.63, 3.8) is 0 Å². The summed E-state index contributed by atoms with van der Waals surface area (Å²) in [7, 11) is 0. The molecule has 0 amide bonds. The summed E-state index contributed by atoms with van der Waals surface area (Å²) in [5, 5.41) is 0. The lowest BCUT2D eigenvalue weighted by Gasteiger charge is -2.67. The average molecular weight is 333 g/mol. The summed E-state index contributed by atoms with van der Waals surface area (Å²) in [6.07, 6.45) is 15.2. The Hall–Kier alpha value is -0.0800. The summed E-state index contributed by atoms with van der Waals surface area (Å²) >= 11 is 0. The van der Waals surface area contributed by atoms with E-state index in [9.17, 15) is 0 Å². The highest BCUT2D eigenvalue weighted by molar-refractivity contribution is 5.23. The number of rotatable bonds is 1. The lowest BCUT2D eigenvalue weighted by atomic mass is 9.43. The first kappa shape index (κ1) is 16.1. The molecule has 2 heteroatoms. The van der Waals surface area contributed by atoms with Gasteiger partial charge in [-0.05, 0) is 81.0 Å². The molecule has 4 saturated carbocycles. The monoisotopic (exact) mass is 332 g/mol. The van der Waals surface area contributed by atoms with Gasteiger partial charge in [0.25, 0.3) is 0 Å². The van der Waals surface area contributed by atoms with Gasteiger partial charge in [-0.25, -0.2) is 0 Å². The van der Waals surface area contributed by atoms with E-state index in [-0.39, 0.29) is 16.6 Å². The van der Waals surface area contributed by atoms with Crippen molar-refractivity contribution in [2.75, 3.05) is 6.79 Å². The van der Waals surface area contributed by atoms with Gasteiger partial charge in [-0.2, -0.15) is 0 Å². The Morgan fingerprint density at radius 1 is 0.833 bits per heavy atom. The summed E-state index contributed by atoms with van der Waals surface area (Å²) in [4.78, 5) is 0. The molecule has 4 aliphatic carbocycles. The van der Waals surface area contributed by atoms with Gasteiger partial charge in [0.15, 0.2) is 0 Å². The van der Waals surface area contributed by atoms with Crippen molar-refractivity contribution in [1.82, 2.24) is 0 Å². The van der Waals surface area contributed by atoms with Gasteiger partial charge in [0.05, 0.1) is 11.2 Å². The number of ether oxygens (including phenoxy) is 2. The fourth-order valence-electron chi connectivity index (χ4n) is 8.81. The summed E-state index contributed by atoms with van der Waals surface area (Å²) in [6.45, 7) is 8.09. The fraction of sp³-hybridized carbons (Fsp3) is 1.00. The maximum Gasteiger partial charge on any atom is 0.148 e. The van der Waals surface area contributed by atoms with Gasteiger partial charge in [0, 0.05) is 5.41 Å². The summed E-state index contributed by atoms with van der Waals surface area (Å²) in [6, 6.07) is 0. The van der Waals surface area contributed by atoms with Crippen molar-refractivity contribution in [3.05, 3.63) is 0 Å². The molecule has 0 aromatic rings. The van der Waals surface area contributed by atoms with Crippen LogP contribution in [0.4, 0.5) is 0 Å². The van der Waals surface area contributed by atoms with E-state index in [1.807, 2.05) is 0 Å². The molecule has 136 valence electrons. The molecule has 1 saturated heterocycles. The minimum atomic E-state index is 0.0978. The third-order valence-electron chi connectivity index (χ3n) is 10.2. The van der Waals surface area contributed by atoms with Crippen LogP contribution in [0.5, 0.6) is 0 Å². The zero-order valence-electron chi connectivity index (χ0n) is 16.0. The molecule has 5 rings (SSSR count). The Bertz CT molecular complexity index is 532. The molecule has 0 N–H and O–H groups in total. The second-order valence-corrected chi connectivity index (χ2v) is 10.3. The largest absolute Gasteiger partial charge is 0.348 e. The van der Waals surface area contributed by atoms with Crippen molar-refractivity contribution in [3.8, 4) is 0 Å². The Balaban J connectivity index is 1.57. The van der Waals surface area contributed by atoms with E-state index in [2.05, 4.69) is 20.8 Å². The number of hydrogen-bond donors (Lipinski definition) is 0. The molecule has 0 aromatic heterocycles. The highest BCUT2D eigenvalue weighted by atomic mass is 16.7. The summed E-state index contributed by atoms with van der Waals surface area (Å²) < 4.78 is 13.0. The van der Waals surface area contributed by atoms with Crippen LogP contribution in [-0.2, 0) is 9.47 Å². The second kappa shape index (κ2) is 5.00. The first-order chi connectivity index (χ1) is 11.5. The second-order valence-electron chi connectivity index (χ2n) is 10.3. The van der Waals surface area contributed by atoms with E-state index in [1.165, 1.54) is 64.2 Å². The normalized spacial score (nSPS) is 59.4. The highest BCUT2D eigenvalue weighted by Gasteiger charge is 2.74. The zero-order chi connectivity index (χ0) is 16.6. The maximum atomic E-state index is 6.66. The van der Waals surface area contributed by atoms with Gasteiger partial charge in [0.1, 0.15) is 6.79 Å². The van der Waals surface area contributed by atoms with Crippen LogP contribution in [-0.4, -0.2) is 18.0 Å². The molecule has 5 aliphatic rings. The molecule has 1 aliphatic heterocycles. The molecule has 2 nitrogen and oxygen atoms in total. The van der Waals surface area contributed by atoms with E-state index in [1.54, 1.807) is 0 Å². The van der Waals surface area contributed by atoms with Crippen molar-refractivity contribution in [2.45, 2.75) is 103 Å². The molecule has 24 heavy (non-hydrogen) atoms. The SMILES string of the molecule is CC[C@]12CC[C@@]3(OCO1)[C@@H]1CCC4CCCC[C@]4(C)[C@H]1CC[C@]23C. The third kappa shape index (κ3) is 1.62. The zero-order valence-corrected chi connectivity index (χ0v) is 16.0. The van der Waals surface area contributed by atoms with Crippen molar-refractivity contribution >= 4 is 0 Å². The molecule has 0 aromatic carbocycles. The van der Waals surface area contributed by atoms with Crippen LogP contribution in [0, 0.1) is 28.6 Å². The number of fused-ring (bicyclic) bond motifs is 3. The molecular weight excluding hydrogens is 296 g/mol. The quantitative estimate of drug-likeness (QED) is 0.613. The van der Waals surface area contributed by atoms with Crippen LogP contribution < -0.4 is 0 Å². The first-order valence-corrected chi connectivity index (χ1v) is 10.8. The van der Waals surface area contributed by atoms with E-state index >= 15 is 0 Å². The molecule has 5 fully saturated rings. The maximum absolute atomic E-state index is 6.66. The predicted octanol–water partition coefficient (Wildman–Crippen LogP) is 5.69. The average Bonchev–Trinajstić information content (AvgIpc) is 2.72. The Labute approximate surface area is 148 Å². The molecule has 0 radical (unpaired) electrons. The number of hydrogen-bond acceptors (Lipinski definition) is 2. The summed E-state index contributed by atoms with van der Waals surface area (Å²) in [5.41, 5.74) is 1.05. The molecule has 1 unspecified atom stereocenters. The smallest absolute Gasteiger partial charge is 0.148 e. The van der Waals surface area contributed by atoms with Crippen molar-refractivity contribution < 1.29 is 9.47 Å². The Kier molecular flexibility index (Phi) is 3.36. The Morgan fingerprint density at radius 2 is 1.71 bits per heavy atom. The Morgan fingerprint density at radius 3 is 2.54 bits per heavy atom. The predicted molar refractivity (Wildman–Crippen MR) is 95.6 cm³/mol. The van der Waals surface area contributed by atoms with E-state index in [0.29, 0.717) is 12.2 Å². The van der Waals surface area contributed by atoms with Crippen LogP contribution >= 0.6 is 0 Å². The van der Waals surface area contributed by atoms with Crippen LogP contribution in [0.3, 0.4) is 0 Å². The van der Waals surface area contributed by atoms with Gasteiger partial charge in [0.2, 0.25) is 0 Å². The first-order valence-electron chi connectivity index (χ1n) is 10.8. The van der Waals surface area contributed by atoms with E-state index in [4.69, 9.17) is 9.47 Å². The standard InChI is InChI=1S/C22H36O2/c1-4-21-13-14-22(24-15-23-21)18-9-8-16-7-5-6-11-19(16,2)17(18)10-12-20(21,22)3/h16-18H,4-15H2,1-3H3/t16?,17-,18+,19-,20+,21+,22+/m0/s1. The van der Waals surface area contributed by atoms with Crippen LogP contribution in [0.2, 0.25) is 0 Å². The molecule has 1 heterocycles. The van der Waals surface area contributed by atoms with Gasteiger partial charge in [-0.15, -0.1) is 0 Å². The van der Waals surface area contributed by atoms with Gasteiger partial charge >= 0.3 is 0 Å². The fourth-order valence-corrected chi connectivity index (χ4v) is 8.81. The lowest BCUT2D eigenvalue weighted by Crippen LogP contribution is -2.68. The summed E-state index contributed by atoms with van der Waals surface area (Å²) in [5.74, 6) is 2.67. The highest BCUT2D eigenvalue weighted by Crippen LogP contribution is 2.73. The lowest BCUT2D eigenvalue weighted by molar-refractivity contribution is -0.345. The molecular formula is C22H36O2. The van der Waals surface area contributed by atoms with Gasteiger partial charge in [-0.1, -0.05) is 33.6 Å². The van der Waals surface area contributed by atoms with Crippen molar-refractivity contribution in [2.24, 2.45) is 28.6 Å². The minimum absolute atomic E-state index is 0.0978. The van der Waals surface area contributed by atoms with Crippen LogP contribution in [0.15, 0.2) is 0 Å². The third-order valence-corrected chi connectivity index (χ3v) is 10.2. The minimum Gasteiger partial charge on any atom is -0.348 e. The van der Waals surface area contributed by atoms with Gasteiger partial charge in [-0.3, -0.25) is 0 Å².